The fourth-order valence-corrected chi connectivity index (χ4v) is 7.70. The summed E-state index contributed by atoms with van der Waals surface area (Å²) >= 11 is 0. The molecule has 2 aliphatic rings. The topological polar surface area (TPSA) is 23.5 Å². The molecule has 0 aromatic rings. The van der Waals surface area contributed by atoms with E-state index in [9.17, 15) is 5.21 Å². The molecule has 47 heavy (non-hydrogen) atoms. The predicted octanol–water partition coefficient (Wildman–Crippen LogP) is 16.1. The average Bonchev–Trinajstić information content (AvgIpc) is 3.84. The molecular formula is C45H91NO. The second kappa shape index (κ2) is 38.5. The molecule has 2 aliphatic carbocycles. The molecule has 0 aliphatic heterocycles. The molecule has 2 unspecified atom stereocenters. The van der Waals surface area contributed by atoms with Crippen molar-refractivity contribution in [3.05, 3.63) is 13.2 Å². The van der Waals surface area contributed by atoms with Crippen molar-refractivity contribution in [2.75, 3.05) is 13.1 Å². The average molecular weight is 662 g/mol. The van der Waals surface area contributed by atoms with Gasteiger partial charge in [-0.1, -0.05) is 226 Å². The lowest BCUT2D eigenvalue weighted by Gasteiger charge is -2.14. The number of nitrogens with zero attached hydrogens (tertiary/aromatic N) is 1. The number of hydrogen-bond acceptors (Lipinski definition) is 2. The third-order valence-corrected chi connectivity index (χ3v) is 11.2. The van der Waals surface area contributed by atoms with Gasteiger partial charge in [0.05, 0.1) is 0 Å². The molecule has 2 atom stereocenters. The summed E-state index contributed by atoms with van der Waals surface area (Å²) in [6.07, 6.45) is 50.1. The van der Waals surface area contributed by atoms with Crippen LogP contribution < -0.4 is 0 Å². The molecule has 0 heterocycles. The highest BCUT2D eigenvalue weighted by Gasteiger charge is 2.34. The molecule has 1 N–H and O–H groups in total. The standard InChI is InChI=1S/C27H55NO.C16H32.C2H4/c1-3-5-7-9-13-17-21-26-25-27(26)22-18-14-11-12-16-20-24-28(29)23-19-15-10-8-6-4-2;1-16-14-12-10-8-6-4-2-3-5-7-9-11-13-15-16;1-2/h26-27,29H,3-25H2,1-2H3;16H,2-15H2,1H3;1-2H2. The molecule has 2 saturated carbocycles. The van der Waals surface area contributed by atoms with Gasteiger partial charge in [0.2, 0.25) is 0 Å². The third kappa shape index (κ3) is 35.3. The predicted molar refractivity (Wildman–Crippen MR) is 214 cm³/mol. The lowest BCUT2D eigenvalue weighted by molar-refractivity contribution is -0.0925. The van der Waals surface area contributed by atoms with Crippen LogP contribution in [0.25, 0.3) is 0 Å². The minimum atomic E-state index is 0.868. The van der Waals surface area contributed by atoms with Crippen LogP contribution >= 0.6 is 0 Å². The molecule has 2 nitrogen and oxygen atoms in total. The summed E-state index contributed by atoms with van der Waals surface area (Å²) in [5, 5.41) is 11.5. The van der Waals surface area contributed by atoms with Gasteiger partial charge in [0.1, 0.15) is 0 Å². The van der Waals surface area contributed by atoms with Crippen LogP contribution in [0.15, 0.2) is 13.2 Å². The van der Waals surface area contributed by atoms with E-state index >= 15 is 0 Å². The zero-order valence-electron chi connectivity index (χ0n) is 33.2. The highest BCUT2D eigenvalue weighted by atomic mass is 16.5. The summed E-state index contributed by atoms with van der Waals surface area (Å²) in [6, 6.07) is 0. The maximum absolute atomic E-state index is 9.93. The van der Waals surface area contributed by atoms with Crippen LogP contribution in [0.4, 0.5) is 0 Å². The van der Waals surface area contributed by atoms with E-state index in [2.05, 4.69) is 33.9 Å². The molecule has 0 aromatic carbocycles. The number of unbranched alkanes of at least 4 members (excludes halogenated alkanes) is 15. The maximum atomic E-state index is 9.93. The summed E-state index contributed by atoms with van der Waals surface area (Å²) in [5.41, 5.74) is 0. The van der Waals surface area contributed by atoms with Gasteiger partial charge in [-0.2, -0.15) is 5.06 Å². The Bertz CT molecular complexity index is 562. The minimum Gasteiger partial charge on any atom is -0.314 e. The quantitative estimate of drug-likeness (QED) is 0.0669. The Morgan fingerprint density at radius 3 is 1.11 bits per heavy atom. The smallest absolute Gasteiger partial charge is 0.0238 e. The summed E-state index contributed by atoms with van der Waals surface area (Å²) in [4.78, 5) is 0. The van der Waals surface area contributed by atoms with Crippen molar-refractivity contribution >= 4 is 0 Å². The molecule has 2 rings (SSSR count). The van der Waals surface area contributed by atoms with E-state index in [1.807, 2.05) is 0 Å². The van der Waals surface area contributed by atoms with Gasteiger partial charge >= 0.3 is 0 Å². The molecule has 0 aromatic heterocycles. The molecule has 0 amide bonds. The third-order valence-electron chi connectivity index (χ3n) is 11.2. The molecule has 2 heteroatoms. The lowest BCUT2D eigenvalue weighted by Crippen LogP contribution is -2.21. The summed E-state index contributed by atoms with van der Waals surface area (Å²) in [6.45, 7) is 14.8. The number of rotatable bonds is 23. The highest BCUT2D eigenvalue weighted by molar-refractivity contribution is 4.85. The Morgan fingerprint density at radius 2 is 0.745 bits per heavy atom. The first-order chi connectivity index (χ1) is 23.2. The van der Waals surface area contributed by atoms with Crippen molar-refractivity contribution in [2.24, 2.45) is 17.8 Å². The Morgan fingerprint density at radius 1 is 0.447 bits per heavy atom. The normalized spacial score (nSPS) is 19.9. The van der Waals surface area contributed by atoms with Crippen molar-refractivity contribution in [3.63, 3.8) is 0 Å². The summed E-state index contributed by atoms with van der Waals surface area (Å²) in [7, 11) is 0. The van der Waals surface area contributed by atoms with Gasteiger partial charge in [-0.25, -0.2) is 0 Å². The molecule has 0 radical (unpaired) electrons. The van der Waals surface area contributed by atoms with Crippen LogP contribution in [0.2, 0.25) is 0 Å². The zero-order chi connectivity index (χ0) is 34.5. The first-order valence-corrected chi connectivity index (χ1v) is 22.1. The second-order valence-electron chi connectivity index (χ2n) is 15.9. The SMILES string of the molecule is C=C.CC1CCCCCCCCCCCCCC1.CCCCCCCCC1CC1CCCCCCCCN(O)CCCCCCCC. The van der Waals surface area contributed by atoms with E-state index in [1.165, 1.54) is 205 Å². The van der Waals surface area contributed by atoms with Gasteiger partial charge in [-0.3, -0.25) is 0 Å². The monoisotopic (exact) mass is 662 g/mol. The van der Waals surface area contributed by atoms with Crippen LogP contribution in [0.5, 0.6) is 0 Å². The summed E-state index contributed by atoms with van der Waals surface area (Å²) in [5.74, 6) is 3.18. The van der Waals surface area contributed by atoms with Gasteiger partial charge in [0.25, 0.3) is 0 Å². The highest BCUT2D eigenvalue weighted by Crippen LogP contribution is 2.45. The molecule has 0 saturated heterocycles. The van der Waals surface area contributed by atoms with Crippen LogP contribution in [0.3, 0.4) is 0 Å². The van der Waals surface area contributed by atoms with E-state index in [4.69, 9.17) is 0 Å². The minimum absolute atomic E-state index is 0.868. The first-order valence-electron chi connectivity index (χ1n) is 22.1. The van der Waals surface area contributed by atoms with Crippen LogP contribution in [0.1, 0.15) is 245 Å². The Balaban J connectivity index is 0.000000989. The second-order valence-corrected chi connectivity index (χ2v) is 15.9. The van der Waals surface area contributed by atoms with Crippen LogP contribution in [-0.2, 0) is 0 Å². The van der Waals surface area contributed by atoms with E-state index in [1.54, 1.807) is 11.5 Å². The summed E-state index contributed by atoms with van der Waals surface area (Å²) < 4.78 is 0. The number of hydrogen-bond donors (Lipinski definition) is 1. The van der Waals surface area contributed by atoms with E-state index < -0.39 is 0 Å². The maximum Gasteiger partial charge on any atom is 0.0238 e. The fourth-order valence-electron chi connectivity index (χ4n) is 7.70. The van der Waals surface area contributed by atoms with Crippen LogP contribution in [-0.4, -0.2) is 23.4 Å². The van der Waals surface area contributed by atoms with Crippen molar-refractivity contribution in [1.82, 2.24) is 5.06 Å². The molecule has 282 valence electrons. The lowest BCUT2D eigenvalue weighted by atomic mass is 9.96. The van der Waals surface area contributed by atoms with Crippen molar-refractivity contribution < 1.29 is 5.21 Å². The van der Waals surface area contributed by atoms with Gasteiger partial charge < -0.3 is 5.21 Å². The van der Waals surface area contributed by atoms with Crippen molar-refractivity contribution in [3.8, 4) is 0 Å². The van der Waals surface area contributed by atoms with E-state index in [-0.39, 0.29) is 0 Å². The van der Waals surface area contributed by atoms with E-state index in [0.717, 1.165) is 43.7 Å². The van der Waals surface area contributed by atoms with Crippen molar-refractivity contribution in [2.45, 2.75) is 245 Å². The Labute approximate surface area is 299 Å². The fraction of sp³-hybridized carbons (Fsp3) is 0.956. The zero-order valence-corrected chi connectivity index (χ0v) is 33.2. The van der Waals surface area contributed by atoms with Gasteiger partial charge in [-0.05, 0) is 37.0 Å². The largest absolute Gasteiger partial charge is 0.314 e. The molecule has 0 bridgehead atoms. The first kappa shape index (κ1) is 46.7. The Kier molecular flexibility index (Phi) is 38.2. The van der Waals surface area contributed by atoms with Gasteiger partial charge in [-0.15, -0.1) is 13.2 Å². The number of hydroxylamine groups is 2. The molecular weight excluding hydrogens is 571 g/mol. The Hall–Kier alpha value is -0.340. The van der Waals surface area contributed by atoms with Crippen molar-refractivity contribution in [1.29, 1.82) is 0 Å². The molecule has 0 spiro atoms. The van der Waals surface area contributed by atoms with Gasteiger partial charge in [0.15, 0.2) is 0 Å². The molecule has 2 fully saturated rings. The van der Waals surface area contributed by atoms with Crippen LogP contribution in [0, 0.1) is 17.8 Å². The van der Waals surface area contributed by atoms with E-state index in [0.29, 0.717) is 0 Å². The van der Waals surface area contributed by atoms with Gasteiger partial charge in [0, 0.05) is 13.1 Å².